The summed E-state index contributed by atoms with van der Waals surface area (Å²) in [6.45, 7) is 6.32. The molecule has 0 saturated heterocycles. The Kier molecular flexibility index (Phi) is 6.97. The van der Waals surface area contributed by atoms with E-state index in [4.69, 9.17) is 19.2 Å². The Balaban J connectivity index is 1.45. The standard InChI is InChI=1S/C27H32O5/c1-19-13-18-25(32-31-19)26(28)30-24-12-8-7-11-23(24)27(2,3)20-14-16-22(17-15-20)29-21-9-5-4-6-10-21/h4-6,9-10,13-19,23-25H,7-8,11-12H2,1-3H3/t19-,23-,24-,25-/m0/s1. The van der Waals surface area contributed by atoms with Gasteiger partial charge in [-0.2, -0.15) is 0 Å². The topological polar surface area (TPSA) is 54.0 Å². The number of hydrogen-bond acceptors (Lipinski definition) is 5. The van der Waals surface area contributed by atoms with Gasteiger partial charge in [0.1, 0.15) is 23.7 Å². The Labute approximate surface area is 190 Å². The summed E-state index contributed by atoms with van der Waals surface area (Å²) in [6.07, 6.45) is 6.50. The number of benzene rings is 2. The lowest BCUT2D eigenvalue weighted by atomic mass is 9.66. The van der Waals surface area contributed by atoms with Crippen molar-refractivity contribution in [3.63, 3.8) is 0 Å². The quantitative estimate of drug-likeness (QED) is 0.310. The van der Waals surface area contributed by atoms with Crippen LogP contribution in [-0.2, 0) is 24.7 Å². The number of carbonyl (C=O) groups excluding carboxylic acids is 1. The predicted octanol–water partition coefficient (Wildman–Crippen LogP) is 6.13. The first-order valence-electron chi connectivity index (χ1n) is 11.5. The number of carbonyl (C=O) groups is 1. The molecular weight excluding hydrogens is 404 g/mol. The maximum atomic E-state index is 12.7. The van der Waals surface area contributed by atoms with Crippen molar-refractivity contribution < 1.29 is 24.0 Å². The van der Waals surface area contributed by atoms with E-state index in [9.17, 15) is 4.79 Å². The molecule has 0 amide bonds. The number of hydrogen-bond donors (Lipinski definition) is 0. The highest BCUT2D eigenvalue weighted by Crippen LogP contribution is 2.43. The third-order valence-electron chi connectivity index (χ3n) is 6.57. The molecule has 0 bridgehead atoms. The molecule has 4 atom stereocenters. The first kappa shape index (κ1) is 22.6. The van der Waals surface area contributed by atoms with Crippen LogP contribution < -0.4 is 4.74 Å². The van der Waals surface area contributed by atoms with E-state index in [1.54, 1.807) is 6.08 Å². The van der Waals surface area contributed by atoms with Crippen LogP contribution in [0.15, 0.2) is 66.7 Å². The molecule has 4 rings (SSSR count). The Bertz CT molecular complexity index is 919. The van der Waals surface area contributed by atoms with E-state index < -0.39 is 6.10 Å². The summed E-state index contributed by atoms with van der Waals surface area (Å²) in [6, 6.07) is 18.0. The minimum atomic E-state index is -0.800. The third-order valence-corrected chi connectivity index (χ3v) is 6.57. The minimum Gasteiger partial charge on any atom is -0.460 e. The molecule has 1 fully saturated rings. The Morgan fingerprint density at radius 1 is 0.906 bits per heavy atom. The number of ether oxygens (including phenoxy) is 2. The second-order valence-corrected chi connectivity index (χ2v) is 9.23. The Morgan fingerprint density at radius 2 is 1.59 bits per heavy atom. The average Bonchev–Trinajstić information content (AvgIpc) is 2.81. The van der Waals surface area contributed by atoms with Crippen molar-refractivity contribution >= 4 is 5.97 Å². The summed E-state index contributed by atoms with van der Waals surface area (Å²) in [4.78, 5) is 23.0. The van der Waals surface area contributed by atoms with E-state index in [1.165, 1.54) is 5.56 Å². The molecule has 1 aliphatic heterocycles. The van der Waals surface area contributed by atoms with Crippen LogP contribution in [0.3, 0.4) is 0 Å². The van der Waals surface area contributed by atoms with Gasteiger partial charge in [0.25, 0.3) is 0 Å². The molecule has 2 aromatic rings. The molecule has 0 N–H and O–H groups in total. The van der Waals surface area contributed by atoms with Gasteiger partial charge in [-0.15, -0.1) is 0 Å². The van der Waals surface area contributed by atoms with Crippen LogP contribution >= 0.6 is 0 Å². The number of rotatable bonds is 6. The molecule has 2 aromatic carbocycles. The zero-order valence-corrected chi connectivity index (χ0v) is 19.0. The lowest BCUT2D eigenvalue weighted by molar-refractivity contribution is -0.333. The first-order chi connectivity index (χ1) is 15.4. The third kappa shape index (κ3) is 5.22. The maximum absolute atomic E-state index is 12.7. The molecule has 0 radical (unpaired) electrons. The SMILES string of the molecule is C[C@H]1C=C[C@@H](C(=O)O[C@H]2CCCC[C@@H]2C(C)(C)c2ccc(Oc3ccccc3)cc2)OO1. The van der Waals surface area contributed by atoms with Crippen LogP contribution in [0.2, 0.25) is 0 Å². The molecule has 170 valence electrons. The van der Waals surface area contributed by atoms with Gasteiger partial charge >= 0.3 is 5.97 Å². The van der Waals surface area contributed by atoms with Crippen molar-refractivity contribution in [1.29, 1.82) is 0 Å². The lowest BCUT2D eigenvalue weighted by Gasteiger charge is -2.42. The van der Waals surface area contributed by atoms with Crippen molar-refractivity contribution in [3.8, 4) is 11.5 Å². The molecule has 0 unspecified atom stereocenters. The second-order valence-electron chi connectivity index (χ2n) is 9.23. The summed E-state index contributed by atoms with van der Waals surface area (Å²) in [5, 5.41) is 0. The van der Waals surface area contributed by atoms with Gasteiger partial charge in [0, 0.05) is 5.92 Å². The number of esters is 1. The fourth-order valence-electron chi connectivity index (χ4n) is 4.66. The van der Waals surface area contributed by atoms with Gasteiger partial charge in [0.15, 0.2) is 0 Å². The van der Waals surface area contributed by atoms with Gasteiger partial charge in [-0.25, -0.2) is 14.6 Å². The highest BCUT2D eigenvalue weighted by molar-refractivity contribution is 5.77. The molecule has 5 nitrogen and oxygen atoms in total. The summed E-state index contributed by atoms with van der Waals surface area (Å²) >= 11 is 0. The summed E-state index contributed by atoms with van der Waals surface area (Å²) < 4.78 is 11.9. The van der Waals surface area contributed by atoms with Gasteiger partial charge in [0.2, 0.25) is 6.10 Å². The van der Waals surface area contributed by atoms with Gasteiger partial charge in [-0.1, -0.05) is 56.7 Å². The first-order valence-corrected chi connectivity index (χ1v) is 11.5. The van der Waals surface area contributed by atoms with Crippen molar-refractivity contribution in [2.75, 3.05) is 0 Å². The van der Waals surface area contributed by atoms with Crippen LogP contribution in [0.4, 0.5) is 0 Å². The van der Waals surface area contributed by atoms with Gasteiger partial charge in [-0.3, -0.25) is 0 Å². The van der Waals surface area contributed by atoms with Crippen LogP contribution in [0.5, 0.6) is 11.5 Å². The molecule has 32 heavy (non-hydrogen) atoms. The van der Waals surface area contributed by atoms with Crippen molar-refractivity contribution in [3.05, 3.63) is 72.3 Å². The highest BCUT2D eigenvalue weighted by atomic mass is 17.2. The zero-order chi connectivity index (χ0) is 22.6. The van der Waals surface area contributed by atoms with Crippen LogP contribution in [-0.4, -0.2) is 24.3 Å². The average molecular weight is 437 g/mol. The Morgan fingerprint density at radius 3 is 2.28 bits per heavy atom. The van der Waals surface area contributed by atoms with Crippen molar-refractivity contribution in [2.24, 2.45) is 5.92 Å². The molecular formula is C27H32O5. The van der Waals surface area contributed by atoms with E-state index in [2.05, 4.69) is 26.0 Å². The largest absolute Gasteiger partial charge is 0.460 e. The molecule has 0 aromatic heterocycles. The molecule has 2 aliphatic rings. The molecule has 1 aliphatic carbocycles. The summed E-state index contributed by atoms with van der Waals surface area (Å²) in [5.74, 6) is 1.45. The fourth-order valence-corrected chi connectivity index (χ4v) is 4.66. The van der Waals surface area contributed by atoms with E-state index >= 15 is 0 Å². The minimum absolute atomic E-state index is 0.150. The Hall–Kier alpha value is -2.63. The molecule has 0 spiro atoms. The van der Waals surface area contributed by atoms with Gasteiger partial charge in [0.05, 0.1) is 0 Å². The normalized spacial score (nSPS) is 25.8. The molecule has 1 saturated carbocycles. The van der Waals surface area contributed by atoms with E-state index in [0.717, 1.165) is 37.2 Å². The lowest BCUT2D eigenvalue weighted by Crippen LogP contribution is -2.43. The summed E-state index contributed by atoms with van der Waals surface area (Å²) in [7, 11) is 0. The predicted molar refractivity (Wildman–Crippen MR) is 122 cm³/mol. The van der Waals surface area contributed by atoms with Crippen molar-refractivity contribution in [1.82, 2.24) is 0 Å². The maximum Gasteiger partial charge on any atom is 0.343 e. The monoisotopic (exact) mass is 436 g/mol. The molecule has 1 heterocycles. The van der Waals surface area contributed by atoms with Crippen LogP contribution in [0, 0.1) is 5.92 Å². The van der Waals surface area contributed by atoms with E-state index in [1.807, 2.05) is 55.5 Å². The summed E-state index contributed by atoms with van der Waals surface area (Å²) in [5.41, 5.74) is 1.04. The highest BCUT2D eigenvalue weighted by Gasteiger charge is 2.41. The number of para-hydroxylation sites is 1. The fraction of sp³-hybridized carbons (Fsp3) is 0.444. The second kappa shape index (κ2) is 9.88. The van der Waals surface area contributed by atoms with Crippen molar-refractivity contribution in [2.45, 2.75) is 70.2 Å². The van der Waals surface area contributed by atoms with Gasteiger partial charge < -0.3 is 9.47 Å². The zero-order valence-electron chi connectivity index (χ0n) is 19.0. The van der Waals surface area contributed by atoms with Crippen LogP contribution in [0.1, 0.15) is 52.0 Å². The van der Waals surface area contributed by atoms with E-state index in [-0.39, 0.29) is 29.5 Å². The van der Waals surface area contributed by atoms with E-state index in [0.29, 0.717) is 0 Å². The van der Waals surface area contributed by atoms with Gasteiger partial charge in [-0.05, 0) is 67.5 Å². The smallest absolute Gasteiger partial charge is 0.343 e. The molecule has 5 heteroatoms. The van der Waals surface area contributed by atoms with Crippen LogP contribution in [0.25, 0.3) is 0 Å².